The molecule has 1 aromatic carbocycles. The van der Waals surface area contributed by atoms with Gasteiger partial charge in [-0.15, -0.1) is 0 Å². The molecule has 0 radical (unpaired) electrons. The molecule has 6 nitrogen and oxygen atoms in total. The molecule has 2 N–H and O–H groups in total. The first-order chi connectivity index (χ1) is 9.69. The third-order valence-corrected chi connectivity index (χ3v) is 3.06. The number of anilines is 1. The van der Waals surface area contributed by atoms with E-state index in [1.54, 1.807) is 24.3 Å². The Morgan fingerprint density at radius 1 is 1.45 bits per heavy atom. The molecule has 0 aromatic heterocycles. The van der Waals surface area contributed by atoms with Crippen LogP contribution in [0, 0.1) is 0 Å². The van der Waals surface area contributed by atoms with Crippen molar-refractivity contribution < 1.29 is 19.1 Å². The molecule has 1 amide bonds. The zero-order valence-corrected chi connectivity index (χ0v) is 11.3. The van der Waals surface area contributed by atoms with Crippen LogP contribution in [0.2, 0.25) is 0 Å². The Kier molecular flexibility index (Phi) is 4.95. The summed E-state index contributed by atoms with van der Waals surface area (Å²) in [7, 11) is 1.30. The number of rotatable bonds is 5. The fourth-order valence-electron chi connectivity index (χ4n) is 2.00. The van der Waals surface area contributed by atoms with E-state index in [-0.39, 0.29) is 18.6 Å². The molecule has 0 saturated carbocycles. The number of carbonyl (C=O) groups excluding carboxylic acids is 2. The molecule has 1 aliphatic rings. The predicted molar refractivity (Wildman–Crippen MR) is 73.6 cm³/mol. The Hall–Kier alpha value is -2.08. The summed E-state index contributed by atoms with van der Waals surface area (Å²) in [6.45, 7) is 0.721. The van der Waals surface area contributed by atoms with Gasteiger partial charge in [0.15, 0.2) is 6.61 Å². The molecule has 1 saturated heterocycles. The van der Waals surface area contributed by atoms with Crippen molar-refractivity contribution >= 4 is 17.6 Å². The summed E-state index contributed by atoms with van der Waals surface area (Å²) < 4.78 is 9.76. The Labute approximate surface area is 117 Å². The lowest BCUT2D eigenvalue weighted by Crippen LogP contribution is -2.35. The van der Waals surface area contributed by atoms with Gasteiger partial charge in [0.05, 0.1) is 13.2 Å². The molecule has 1 unspecified atom stereocenters. The average molecular weight is 278 g/mol. The molecular formula is C14H18N2O4. The Bertz CT molecular complexity index is 484. The highest BCUT2D eigenvalue weighted by Crippen LogP contribution is 2.18. The second-order valence-corrected chi connectivity index (χ2v) is 4.53. The Morgan fingerprint density at radius 2 is 2.30 bits per heavy atom. The van der Waals surface area contributed by atoms with Gasteiger partial charge in [-0.3, -0.25) is 4.79 Å². The standard InChI is InChI=1S/C14H18N2O4/c1-19-13(17)9-20-11-5-2-4-10(8-11)16-14(18)12-6-3-7-15-12/h2,4-5,8,12,15H,3,6-7,9H2,1H3,(H,16,18). The molecule has 6 heteroatoms. The second kappa shape index (κ2) is 6.91. The van der Waals surface area contributed by atoms with Crippen LogP contribution in [0.15, 0.2) is 24.3 Å². The topological polar surface area (TPSA) is 76.7 Å². The number of ether oxygens (including phenoxy) is 2. The molecular weight excluding hydrogens is 260 g/mol. The van der Waals surface area contributed by atoms with Crippen molar-refractivity contribution in [1.82, 2.24) is 5.32 Å². The largest absolute Gasteiger partial charge is 0.482 e. The molecule has 2 rings (SSSR count). The van der Waals surface area contributed by atoms with E-state index < -0.39 is 5.97 Å². The summed E-state index contributed by atoms with van der Waals surface area (Å²) in [5.74, 6) is 0.00907. The minimum Gasteiger partial charge on any atom is -0.482 e. The van der Waals surface area contributed by atoms with E-state index in [4.69, 9.17) is 4.74 Å². The van der Waals surface area contributed by atoms with Crippen LogP contribution in [0.3, 0.4) is 0 Å². The molecule has 1 heterocycles. The number of carbonyl (C=O) groups is 2. The second-order valence-electron chi connectivity index (χ2n) is 4.53. The van der Waals surface area contributed by atoms with Crippen LogP contribution < -0.4 is 15.4 Å². The fourth-order valence-corrected chi connectivity index (χ4v) is 2.00. The van der Waals surface area contributed by atoms with Crippen molar-refractivity contribution in [3.05, 3.63) is 24.3 Å². The van der Waals surface area contributed by atoms with Crippen LogP contribution in [-0.4, -0.2) is 38.2 Å². The SMILES string of the molecule is COC(=O)COc1cccc(NC(=O)C2CCCN2)c1. The molecule has 1 atom stereocenters. The van der Waals surface area contributed by atoms with Crippen molar-refractivity contribution in [2.24, 2.45) is 0 Å². The van der Waals surface area contributed by atoms with Crippen LogP contribution in [0.1, 0.15) is 12.8 Å². The highest BCUT2D eigenvalue weighted by molar-refractivity contribution is 5.95. The maximum absolute atomic E-state index is 11.9. The monoisotopic (exact) mass is 278 g/mol. The van der Waals surface area contributed by atoms with Gasteiger partial charge < -0.3 is 20.1 Å². The normalized spacial score (nSPS) is 17.6. The summed E-state index contributed by atoms with van der Waals surface area (Å²) in [6, 6.07) is 6.79. The lowest BCUT2D eigenvalue weighted by molar-refractivity contribution is -0.142. The van der Waals surface area contributed by atoms with E-state index >= 15 is 0 Å². The third kappa shape index (κ3) is 3.96. The maximum atomic E-state index is 11.9. The highest BCUT2D eigenvalue weighted by Gasteiger charge is 2.21. The minimum atomic E-state index is -0.449. The van der Waals surface area contributed by atoms with Gasteiger partial charge in [0.25, 0.3) is 0 Å². The van der Waals surface area contributed by atoms with Gasteiger partial charge in [0.1, 0.15) is 5.75 Å². The first-order valence-electron chi connectivity index (χ1n) is 6.53. The third-order valence-electron chi connectivity index (χ3n) is 3.06. The van der Waals surface area contributed by atoms with Gasteiger partial charge >= 0.3 is 5.97 Å². The molecule has 0 bridgehead atoms. The lowest BCUT2D eigenvalue weighted by atomic mass is 10.2. The fraction of sp³-hybridized carbons (Fsp3) is 0.429. The van der Waals surface area contributed by atoms with Crippen molar-refractivity contribution in [3.8, 4) is 5.75 Å². The lowest BCUT2D eigenvalue weighted by Gasteiger charge is -2.12. The van der Waals surface area contributed by atoms with Gasteiger partial charge in [-0.1, -0.05) is 6.07 Å². The molecule has 0 aliphatic carbocycles. The van der Waals surface area contributed by atoms with E-state index in [1.807, 2.05) is 0 Å². The van der Waals surface area contributed by atoms with E-state index in [0.717, 1.165) is 19.4 Å². The zero-order valence-electron chi connectivity index (χ0n) is 11.3. The summed E-state index contributed by atoms with van der Waals surface area (Å²) in [5.41, 5.74) is 0.645. The minimum absolute atomic E-state index is 0.0485. The molecule has 108 valence electrons. The van der Waals surface area contributed by atoms with Crippen LogP contribution in [0.4, 0.5) is 5.69 Å². The van der Waals surface area contributed by atoms with Crippen molar-refractivity contribution in [2.45, 2.75) is 18.9 Å². The van der Waals surface area contributed by atoms with Crippen LogP contribution >= 0.6 is 0 Å². The number of methoxy groups -OCH3 is 1. The van der Waals surface area contributed by atoms with Crippen molar-refractivity contribution in [1.29, 1.82) is 0 Å². The smallest absolute Gasteiger partial charge is 0.343 e. The van der Waals surface area contributed by atoms with Crippen LogP contribution in [0.25, 0.3) is 0 Å². The van der Waals surface area contributed by atoms with Crippen molar-refractivity contribution in [2.75, 3.05) is 25.6 Å². The van der Waals surface area contributed by atoms with E-state index in [9.17, 15) is 9.59 Å². The summed E-state index contributed by atoms with van der Waals surface area (Å²) in [6.07, 6.45) is 1.87. The number of benzene rings is 1. The summed E-state index contributed by atoms with van der Waals surface area (Å²) >= 11 is 0. The summed E-state index contributed by atoms with van der Waals surface area (Å²) in [4.78, 5) is 22.9. The van der Waals surface area contributed by atoms with Gasteiger partial charge in [-0.2, -0.15) is 0 Å². The highest BCUT2D eigenvalue weighted by atomic mass is 16.6. The molecule has 1 aliphatic heterocycles. The Morgan fingerprint density at radius 3 is 3.00 bits per heavy atom. The number of nitrogens with one attached hydrogen (secondary N) is 2. The van der Waals surface area contributed by atoms with Gasteiger partial charge in [0, 0.05) is 11.8 Å². The first-order valence-corrected chi connectivity index (χ1v) is 6.53. The predicted octanol–water partition coefficient (Wildman–Crippen LogP) is 0.929. The average Bonchev–Trinajstić information content (AvgIpc) is 2.99. The van der Waals surface area contributed by atoms with Crippen LogP contribution in [-0.2, 0) is 14.3 Å². The maximum Gasteiger partial charge on any atom is 0.343 e. The van der Waals surface area contributed by atoms with Gasteiger partial charge in [-0.25, -0.2) is 4.79 Å². The van der Waals surface area contributed by atoms with Crippen LogP contribution in [0.5, 0.6) is 5.75 Å². The van der Waals surface area contributed by atoms with E-state index in [0.29, 0.717) is 11.4 Å². The zero-order chi connectivity index (χ0) is 14.4. The molecule has 1 fully saturated rings. The molecule has 1 aromatic rings. The van der Waals surface area contributed by atoms with E-state index in [2.05, 4.69) is 15.4 Å². The van der Waals surface area contributed by atoms with E-state index in [1.165, 1.54) is 7.11 Å². The Balaban J connectivity index is 1.91. The van der Waals surface area contributed by atoms with Gasteiger partial charge in [0.2, 0.25) is 5.91 Å². The molecule has 0 spiro atoms. The molecule has 20 heavy (non-hydrogen) atoms. The first kappa shape index (κ1) is 14.3. The quantitative estimate of drug-likeness (QED) is 0.784. The summed E-state index contributed by atoms with van der Waals surface area (Å²) in [5, 5.41) is 5.96. The number of hydrogen-bond acceptors (Lipinski definition) is 5. The number of esters is 1. The van der Waals surface area contributed by atoms with Gasteiger partial charge in [-0.05, 0) is 31.5 Å². The number of amides is 1. The van der Waals surface area contributed by atoms with Crippen molar-refractivity contribution in [3.63, 3.8) is 0 Å². The number of hydrogen-bond donors (Lipinski definition) is 2.